The fourth-order valence-corrected chi connectivity index (χ4v) is 4.42. The van der Waals surface area contributed by atoms with Crippen LogP contribution in [0.25, 0.3) is 0 Å². The lowest BCUT2D eigenvalue weighted by Gasteiger charge is -2.23. The molecule has 1 amide bonds. The molecule has 152 valence electrons. The summed E-state index contributed by atoms with van der Waals surface area (Å²) in [5, 5.41) is 11.5. The maximum atomic E-state index is 13.4. The van der Waals surface area contributed by atoms with Gasteiger partial charge in [-0.25, -0.2) is 0 Å². The smallest absolute Gasteiger partial charge is 0.264 e. The second kappa shape index (κ2) is 7.82. The molecule has 4 rings (SSSR count). The number of ketones is 1. The number of aryl methyl sites for hydroxylation is 2. The Morgan fingerprint density at radius 1 is 1.03 bits per heavy atom. The van der Waals surface area contributed by atoms with Crippen molar-refractivity contribution in [3.8, 4) is 0 Å². The molecular formula is C25H22BrNO3. The van der Waals surface area contributed by atoms with E-state index < -0.39 is 11.5 Å². The molecule has 3 aromatic carbocycles. The van der Waals surface area contributed by atoms with Crippen molar-refractivity contribution >= 4 is 33.3 Å². The van der Waals surface area contributed by atoms with Gasteiger partial charge in [-0.1, -0.05) is 70.0 Å². The van der Waals surface area contributed by atoms with E-state index in [-0.39, 0.29) is 12.2 Å². The molecule has 0 fully saturated rings. The number of anilines is 1. The van der Waals surface area contributed by atoms with Crippen molar-refractivity contribution in [1.82, 2.24) is 0 Å². The summed E-state index contributed by atoms with van der Waals surface area (Å²) in [7, 11) is 0. The number of para-hydroxylation sites is 1. The minimum atomic E-state index is -1.88. The van der Waals surface area contributed by atoms with Gasteiger partial charge in [0.1, 0.15) is 0 Å². The van der Waals surface area contributed by atoms with Crippen LogP contribution in [0, 0.1) is 13.8 Å². The number of benzene rings is 3. The molecule has 0 saturated carbocycles. The van der Waals surface area contributed by atoms with Crippen LogP contribution in [-0.4, -0.2) is 16.8 Å². The van der Waals surface area contributed by atoms with Crippen LogP contribution in [0.15, 0.2) is 71.2 Å². The SMILES string of the molecule is Cc1ccc(CN2C(=O)C(O)(CC(=O)c3cccc(Br)c3)c3ccccc32)c(C)c1. The molecule has 1 unspecified atom stereocenters. The highest BCUT2D eigenvalue weighted by atomic mass is 79.9. The summed E-state index contributed by atoms with van der Waals surface area (Å²) >= 11 is 3.36. The molecule has 30 heavy (non-hydrogen) atoms. The van der Waals surface area contributed by atoms with Crippen LogP contribution in [0.2, 0.25) is 0 Å². The average Bonchev–Trinajstić information content (AvgIpc) is 2.92. The fourth-order valence-electron chi connectivity index (χ4n) is 4.02. The van der Waals surface area contributed by atoms with E-state index in [4.69, 9.17) is 0 Å². The van der Waals surface area contributed by atoms with Crippen molar-refractivity contribution in [1.29, 1.82) is 0 Å². The van der Waals surface area contributed by atoms with Gasteiger partial charge in [0.2, 0.25) is 0 Å². The molecule has 0 aromatic heterocycles. The molecule has 1 aliphatic rings. The van der Waals surface area contributed by atoms with Gasteiger partial charge >= 0.3 is 0 Å². The Hall–Kier alpha value is -2.76. The highest BCUT2D eigenvalue weighted by Gasteiger charge is 2.50. The van der Waals surface area contributed by atoms with Crippen LogP contribution in [0.4, 0.5) is 5.69 Å². The van der Waals surface area contributed by atoms with Gasteiger partial charge in [-0.2, -0.15) is 0 Å². The summed E-state index contributed by atoms with van der Waals surface area (Å²) in [5.41, 5.74) is 2.94. The van der Waals surface area contributed by atoms with Crippen molar-refractivity contribution in [2.75, 3.05) is 4.90 Å². The number of hydrogen-bond acceptors (Lipinski definition) is 3. The number of nitrogens with zero attached hydrogens (tertiary/aromatic N) is 1. The number of carbonyl (C=O) groups is 2. The first-order valence-electron chi connectivity index (χ1n) is 9.78. The highest BCUT2D eigenvalue weighted by molar-refractivity contribution is 9.10. The molecule has 0 aliphatic carbocycles. The van der Waals surface area contributed by atoms with E-state index in [0.717, 1.165) is 21.2 Å². The number of halogens is 1. The number of aliphatic hydroxyl groups is 1. The quantitative estimate of drug-likeness (QED) is 0.537. The second-order valence-corrected chi connectivity index (χ2v) is 8.72. The zero-order valence-corrected chi connectivity index (χ0v) is 18.4. The third-order valence-electron chi connectivity index (χ3n) is 5.63. The Kier molecular flexibility index (Phi) is 5.35. The Balaban J connectivity index is 1.69. The van der Waals surface area contributed by atoms with Gasteiger partial charge in [0.15, 0.2) is 11.4 Å². The summed E-state index contributed by atoms with van der Waals surface area (Å²) < 4.78 is 0.773. The lowest BCUT2D eigenvalue weighted by molar-refractivity contribution is -0.136. The predicted octanol–water partition coefficient (Wildman–Crippen LogP) is 5.07. The van der Waals surface area contributed by atoms with Crippen LogP contribution in [0.1, 0.15) is 39.0 Å². The standard InChI is InChI=1S/C25H22BrNO3/c1-16-10-11-19(17(2)12-16)15-27-22-9-4-3-8-21(22)25(30,24(27)29)14-23(28)18-6-5-7-20(26)13-18/h3-13,30H,14-15H2,1-2H3. The van der Waals surface area contributed by atoms with Crippen LogP contribution in [0.5, 0.6) is 0 Å². The second-order valence-electron chi connectivity index (χ2n) is 7.81. The van der Waals surface area contributed by atoms with Gasteiger partial charge < -0.3 is 10.0 Å². The van der Waals surface area contributed by atoms with Gasteiger partial charge in [-0.05, 0) is 43.2 Å². The molecule has 5 heteroatoms. The number of hydrogen-bond donors (Lipinski definition) is 1. The number of amides is 1. The number of rotatable bonds is 5. The van der Waals surface area contributed by atoms with Gasteiger partial charge in [0.25, 0.3) is 5.91 Å². The Morgan fingerprint density at radius 2 is 1.80 bits per heavy atom. The topological polar surface area (TPSA) is 57.6 Å². The maximum Gasteiger partial charge on any atom is 0.264 e. The minimum Gasteiger partial charge on any atom is -0.375 e. The largest absolute Gasteiger partial charge is 0.375 e. The first-order chi connectivity index (χ1) is 14.3. The molecule has 1 aliphatic heterocycles. The van der Waals surface area contributed by atoms with Crippen LogP contribution >= 0.6 is 15.9 Å². The monoisotopic (exact) mass is 463 g/mol. The van der Waals surface area contributed by atoms with E-state index in [0.29, 0.717) is 23.4 Å². The number of fused-ring (bicyclic) bond motifs is 1. The molecule has 1 atom stereocenters. The van der Waals surface area contributed by atoms with Crippen molar-refractivity contribution in [2.24, 2.45) is 0 Å². The Bertz CT molecular complexity index is 1160. The average molecular weight is 464 g/mol. The third kappa shape index (κ3) is 3.59. The molecule has 0 spiro atoms. The summed E-state index contributed by atoms with van der Waals surface area (Å²) in [5.74, 6) is -0.748. The fraction of sp³-hybridized carbons (Fsp3) is 0.200. The maximum absolute atomic E-state index is 13.4. The van der Waals surface area contributed by atoms with E-state index in [1.807, 2.05) is 44.2 Å². The highest BCUT2D eigenvalue weighted by Crippen LogP contribution is 2.43. The molecule has 0 bridgehead atoms. The molecule has 1 N–H and O–H groups in total. The molecule has 0 saturated heterocycles. The van der Waals surface area contributed by atoms with Crippen LogP contribution in [-0.2, 0) is 16.9 Å². The van der Waals surface area contributed by atoms with Crippen molar-refractivity contribution in [3.63, 3.8) is 0 Å². The first-order valence-corrected chi connectivity index (χ1v) is 10.6. The summed E-state index contributed by atoms with van der Waals surface area (Å²) in [6, 6.07) is 20.2. The van der Waals surface area contributed by atoms with Crippen LogP contribution in [0.3, 0.4) is 0 Å². The van der Waals surface area contributed by atoms with Gasteiger partial charge in [-0.3, -0.25) is 9.59 Å². The van der Waals surface area contributed by atoms with Crippen molar-refractivity contribution in [3.05, 3.63) is 99.0 Å². The predicted molar refractivity (Wildman–Crippen MR) is 121 cm³/mol. The zero-order valence-electron chi connectivity index (χ0n) is 16.9. The number of carbonyl (C=O) groups excluding carboxylic acids is 2. The Morgan fingerprint density at radius 3 is 2.53 bits per heavy atom. The molecular weight excluding hydrogens is 442 g/mol. The van der Waals surface area contributed by atoms with Crippen LogP contribution < -0.4 is 4.90 Å². The summed E-state index contributed by atoms with van der Waals surface area (Å²) in [6.45, 7) is 4.38. The normalized spacial score (nSPS) is 17.9. The van der Waals surface area contributed by atoms with E-state index in [9.17, 15) is 14.7 Å². The lowest BCUT2D eigenvalue weighted by Crippen LogP contribution is -2.41. The van der Waals surface area contributed by atoms with E-state index in [2.05, 4.69) is 22.0 Å². The van der Waals surface area contributed by atoms with Crippen molar-refractivity contribution in [2.45, 2.75) is 32.4 Å². The van der Waals surface area contributed by atoms with Gasteiger partial charge in [0, 0.05) is 15.6 Å². The molecule has 3 aromatic rings. The molecule has 4 nitrogen and oxygen atoms in total. The van der Waals surface area contributed by atoms with E-state index in [1.165, 1.54) is 0 Å². The third-order valence-corrected chi connectivity index (χ3v) is 6.12. The molecule has 1 heterocycles. The summed E-state index contributed by atoms with van der Waals surface area (Å²) in [4.78, 5) is 27.9. The molecule has 0 radical (unpaired) electrons. The van der Waals surface area contributed by atoms with E-state index in [1.54, 1.807) is 35.2 Å². The minimum absolute atomic E-state index is 0.282. The lowest BCUT2D eigenvalue weighted by atomic mass is 9.88. The van der Waals surface area contributed by atoms with Gasteiger partial charge in [0.05, 0.1) is 18.7 Å². The zero-order chi connectivity index (χ0) is 21.5. The number of Topliss-reactive ketones (excluding diaryl/α,β-unsaturated/α-hetero) is 1. The van der Waals surface area contributed by atoms with Crippen molar-refractivity contribution < 1.29 is 14.7 Å². The van der Waals surface area contributed by atoms with E-state index >= 15 is 0 Å². The van der Waals surface area contributed by atoms with Gasteiger partial charge in [-0.15, -0.1) is 0 Å². The summed E-state index contributed by atoms with van der Waals surface area (Å²) in [6.07, 6.45) is -0.303. The first kappa shape index (κ1) is 20.5. The Labute approximate surface area is 184 Å².